The predicted octanol–water partition coefficient (Wildman–Crippen LogP) is 2.66. The van der Waals surface area contributed by atoms with Gasteiger partial charge in [0, 0.05) is 19.8 Å². The third-order valence-corrected chi connectivity index (χ3v) is 2.91. The molecule has 4 nitrogen and oxygen atoms in total. The third-order valence-electron chi connectivity index (χ3n) is 2.91. The van der Waals surface area contributed by atoms with E-state index in [9.17, 15) is 9.18 Å². The molecule has 21 heavy (non-hydrogen) atoms. The van der Waals surface area contributed by atoms with Crippen molar-refractivity contribution >= 4 is 17.8 Å². The van der Waals surface area contributed by atoms with Gasteiger partial charge in [-0.25, -0.2) is 9.82 Å². The summed E-state index contributed by atoms with van der Waals surface area (Å²) in [6, 6.07) is 13.4. The quantitative estimate of drug-likeness (QED) is 0.693. The fourth-order valence-electron chi connectivity index (χ4n) is 1.73. The topological polar surface area (TPSA) is 44.7 Å². The highest BCUT2D eigenvalue weighted by Gasteiger charge is 2.08. The second kappa shape index (κ2) is 6.65. The molecule has 5 heteroatoms. The van der Waals surface area contributed by atoms with Gasteiger partial charge in [0.25, 0.3) is 5.91 Å². The maximum atomic E-state index is 13.4. The van der Waals surface area contributed by atoms with Gasteiger partial charge in [0.1, 0.15) is 5.82 Å². The van der Waals surface area contributed by atoms with E-state index < -0.39 is 11.7 Å². The summed E-state index contributed by atoms with van der Waals surface area (Å²) in [5, 5.41) is 3.83. The molecule has 2 aromatic carbocycles. The standard InChI is InChI=1S/C16H16FN3O/c1-20(2)13-9-7-12(8-10-13)11-18-19-16(21)14-5-3-4-6-15(14)17/h3-11H,1-2H3,(H,19,21). The van der Waals surface area contributed by atoms with Gasteiger partial charge in [0.2, 0.25) is 0 Å². The number of benzene rings is 2. The maximum absolute atomic E-state index is 13.4. The first-order valence-electron chi connectivity index (χ1n) is 6.43. The van der Waals surface area contributed by atoms with Crippen LogP contribution in [0, 0.1) is 5.82 Å². The Labute approximate surface area is 122 Å². The molecule has 0 saturated carbocycles. The molecule has 0 fully saturated rings. The van der Waals surface area contributed by atoms with Crippen LogP contribution in [0.25, 0.3) is 0 Å². The van der Waals surface area contributed by atoms with Gasteiger partial charge < -0.3 is 4.90 Å². The van der Waals surface area contributed by atoms with Gasteiger partial charge in [0.15, 0.2) is 0 Å². The summed E-state index contributed by atoms with van der Waals surface area (Å²) in [7, 11) is 3.91. The lowest BCUT2D eigenvalue weighted by Gasteiger charge is -2.11. The number of hydrogen-bond donors (Lipinski definition) is 1. The van der Waals surface area contributed by atoms with Crippen molar-refractivity contribution in [2.24, 2.45) is 5.10 Å². The fraction of sp³-hybridized carbons (Fsp3) is 0.125. The van der Waals surface area contributed by atoms with Crippen LogP contribution < -0.4 is 10.3 Å². The van der Waals surface area contributed by atoms with Crippen LogP contribution in [0.2, 0.25) is 0 Å². The molecule has 0 radical (unpaired) electrons. The molecular formula is C16H16FN3O. The smallest absolute Gasteiger partial charge is 0.274 e. The van der Waals surface area contributed by atoms with Gasteiger partial charge in [-0.2, -0.15) is 5.10 Å². The van der Waals surface area contributed by atoms with Crippen molar-refractivity contribution in [2.75, 3.05) is 19.0 Å². The average molecular weight is 285 g/mol. The Morgan fingerprint density at radius 2 is 1.81 bits per heavy atom. The SMILES string of the molecule is CN(C)c1ccc(C=NNC(=O)c2ccccc2F)cc1. The van der Waals surface area contributed by atoms with E-state index in [0.29, 0.717) is 0 Å². The van der Waals surface area contributed by atoms with Crippen molar-refractivity contribution in [3.8, 4) is 0 Å². The van der Waals surface area contributed by atoms with Crippen molar-refractivity contribution < 1.29 is 9.18 Å². The van der Waals surface area contributed by atoms with Crippen LogP contribution in [0.5, 0.6) is 0 Å². The minimum atomic E-state index is -0.575. The Bertz CT molecular complexity index is 651. The van der Waals surface area contributed by atoms with E-state index in [2.05, 4.69) is 10.5 Å². The largest absolute Gasteiger partial charge is 0.378 e. The van der Waals surface area contributed by atoms with E-state index in [-0.39, 0.29) is 5.56 Å². The number of amides is 1. The molecule has 0 atom stereocenters. The molecule has 0 aliphatic rings. The molecule has 0 bridgehead atoms. The highest BCUT2D eigenvalue weighted by Crippen LogP contribution is 2.11. The van der Waals surface area contributed by atoms with E-state index in [1.54, 1.807) is 6.07 Å². The lowest BCUT2D eigenvalue weighted by molar-refractivity contribution is 0.0951. The zero-order chi connectivity index (χ0) is 15.2. The Balaban J connectivity index is 1.99. The van der Waals surface area contributed by atoms with E-state index in [1.807, 2.05) is 43.3 Å². The first-order chi connectivity index (χ1) is 10.1. The summed E-state index contributed by atoms with van der Waals surface area (Å²) in [6.07, 6.45) is 1.51. The average Bonchev–Trinajstić information content (AvgIpc) is 2.48. The van der Waals surface area contributed by atoms with Gasteiger partial charge in [-0.1, -0.05) is 24.3 Å². The summed E-state index contributed by atoms with van der Waals surface area (Å²) in [4.78, 5) is 13.7. The summed E-state index contributed by atoms with van der Waals surface area (Å²) in [5.41, 5.74) is 4.19. The van der Waals surface area contributed by atoms with Gasteiger partial charge in [-0.3, -0.25) is 4.79 Å². The number of hydrogen-bond acceptors (Lipinski definition) is 3. The lowest BCUT2D eigenvalue weighted by Crippen LogP contribution is -2.18. The maximum Gasteiger partial charge on any atom is 0.274 e. The van der Waals surface area contributed by atoms with Crippen LogP contribution in [-0.4, -0.2) is 26.2 Å². The van der Waals surface area contributed by atoms with Crippen LogP contribution in [0.3, 0.4) is 0 Å². The summed E-state index contributed by atoms with van der Waals surface area (Å²) in [6.45, 7) is 0. The molecule has 2 rings (SSSR count). The van der Waals surface area contributed by atoms with E-state index >= 15 is 0 Å². The molecule has 0 aliphatic heterocycles. The van der Waals surface area contributed by atoms with Crippen LogP contribution in [0.15, 0.2) is 53.6 Å². The molecule has 0 saturated heterocycles. The van der Waals surface area contributed by atoms with Gasteiger partial charge >= 0.3 is 0 Å². The fourth-order valence-corrected chi connectivity index (χ4v) is 1.73. The summed E-state index contributed by atoms with van der Waals surface area (Å²) >= 11 is 0. The Kier molecular flexibility index (Phi) is 4.66. The van der Waals surface area contributed by atoms with E-state index in [0.717, 1.165) is 11.3 Å². The molecule has 0 aliphatic carbocycles. The zero-order valence-electron chi connectivity index (χ0n) is 11.9. The van der Waals surface area contributed by atoms with Crippen molar-refractivity contribution in [3.05, 3.63) is 65.5 Å². The molecule has 0 heterocycles. The summed E-state index contributed by atoms with van der Waals surface area (Å²) < 4.78 is 13.4. The first kappa shape index (κ1) is 14.7. The number of halogens is 1. The highest BCUT2D eigenvalue weighted by molar-refractivity contribution is 5.95. The van der Waals surface area contributed by atoms with Gasteiger partial charge in [0.05, 0.1) is 11.8 Å². The van der Waals surface area contributed by atoms with Crippen LogP contribution in [-0.2, 0) is 0 Å². The lowest BCUT2D eigenvalue weighted by atomic mass is 10.2. The molecule has 1 amide bonds. The normalized spacial score (nSPS) is 10.6. The Morgan fingerprint density at radius 3 is 2.43 bits per heavy atom. The number of rotatable bonds is 4. The molecular weight excluding hydrogens is 269 g/mol. The first-order valence-corrected chi connectivity index (χ1v) is 6.43. The monoisotopic (exact) mass is 285 g/mol. The van der Waals surface area contributed by atoms with E-state index in [1.165, 1.54) is 24.4 Å². The minimum Gasteiger partial charge on any atom is -0.378 e. The summed E-state index contributed by atoms with van der Waals surface area (Å²) in [5.74, 6) is -1.14. The van der Waals surface area contributed by atoms with Crippen molar-refractivity contribution in [1.82, 2.24) is 5.43 Å². The van der Waals surface area contributed by atoms with Gasteiger partial charge in [-0.15, -0.1) is 0 Å². The number of nitrogens with one attached hydrogen (secondary N) is 1. The minimum absolute atomic E-state index is 0.0300. The van der Waals surface area contributed by atoms with Crippen LogP contribution >= 0.6 is 0 Å². The Hall–Kier alpha value is -2.69. The molecule has 0 unspecified atom stereocenters. The highest BCUT2D eigenvalue weighted by atomic mass is 19.1. The second-order valence-corrected chi connectivity index (χ2v) is 4.66. The van der Waals surface area contributed by atoms with E-state index in [4.69, 9.17) is 0 Å². The van der Waals surface area contributed by atoms with Crippen LogP contribution in [0.1, 0.15) is 15.9 Å². The molecule has 2 aromatic rings. The molecule has 0 aromatic heterocycles. The van der Waals surface area contributed by atoms with Gasteiger partial charge in [-0.05, 0) is 29.8 Å². The molecule has 0 spiro atoms. The van der Waals surface area contributed by atoms with Crippen molar-refractivity contribution in [3.63, 3.8) is 0 Å². The number of nitrogens with zero attached hydrogens (tertiary/aromatic N) is 2. The molecule has 1 N–H and O–H groups in total. The number of anilines is 1. The van der Waals surface area contributed by atoms with Crippen molar-refractivity contribution in [1.29, 1.82) is 0 Å². The zero-order valence-corrected chi connectivity index (χ0v) is 11.9. The second-order valence-electron chi connectivity index (χ2n) is 4.66. The predicted molar refractivity (Wildman–Crippen MR) is 82.2 cm³/mol. The number of carbonyl (C=O) groups excluding carboxylic acids is 1. The number of carbonyl (C=O) groups is 1. The Morgan fingerprint density at radius 1 is 1.14 bits per heavy atom. The van der Waals surface area contributed by atoms with Crippen LogP contribution in [0.4, 0.5) is 10.1 Å². The van der Waals surface area contributed by atoms with Crippen molar-refractivity contribution in [2.45, 2.75) is 0 Å². The number of hydrazone groups is 1. The molecule has 108 valence electrons. The third kappa shape index (κ3) is 3.89.